The Hall–Kier alpha value is -2.06. The predicted molar refractivity (Wildman–Crippen MR) is 95.7 cm³/mol. The Morgan fingerprint density at radius 1 is 1.41 bits per heavy atom. The zero-order valence-corrected chi connectivity index (χ0v) is 15.9. The highest BCUT2D eigenvalue weighted by molar-refractivity contribution is 7.58. The number of alkyl halides is 3. The first kappa shape index (κ1) is 21.2. The Labute approximate surface area is 163 Å². The number of Topliss-reactive ketones (excluding diaryl/α,β-unsaturated/α-hetero) is 1. The molecule has 10 heteroatoms. The van der Waals surface area contributed by atoms with Gasteiger partial charge >= 0.3 is 6.18 Å². The molecule has 0 unspecified atom stereocenters. The van der Waals surface area contributed by atoms with Crippen LogP contribution in [0.2, 0.25) is 0 Å². The van der Waals surface area contributed by atoms with Crippen molar-refractivity contribution in [2.75, 3.05) is 33.4 Å². The molecule has 0 amide bonds. The summed E-state index contributed by atoms with van der Waals surface area (Å²) < 4.78 is 42.9. The molecule has 0 aliphatic carbocycles. The fraction of sp³-hybridized carbons (Fsp3) is 0.353. The fourth-order valence-electron chi connectivity index (χ4n) is 2.22. The zero-order valence-electron chi connectivity index (χ0n) is 14.3. The molecule has 0 bridgehead atoms. The number of rotatable bonds is 2. The van der Waals surface area contributed by atoms with Gasteiger partial charge in [-0.15, -0.1) is 11.3 Å². The largest absolute Gasteiger partial charge is 0.759 e. The molecule has 2 aromatic rings. The zero-order chi connectivity index (χ0) is 20.0. The van der Waals surface area contributed by atoms with E-state index in [9.17, 15) is 18.0 Å². The number of ether oxygens (including phenoxy) is 1. The molecule has 1 saturated heterocycles. The lowest BCUT2D eigenvalue weighted by Gasteiger charge is -2.18. The van der Waals surface area contributed by atoms with Crippen LogP contribution < -0.4 is 4.90 Å². The van der Waals surface area contributed by atoms with Crippen molar-refractivity contribution in [2.24, 2.45) is 0 Å². The average Bonchev–Trinajstić information content (AvgIpc) is 3.16. The van der Waals surface area contributed by atoms with E-state index in [1.807, 2.05) is 0 Å². The first-order valence-corrected chi connectivity index (χ1v) is 9.19. The highest BCUT2D eigenvalue weighted by Crippen LogP contribution is 2.32. The Morgan fingerprint density at radius 3 is 2.52 bits per heavy atom. The summed E-state index contributed by atoms with van der Waals surface area (Å²) in [5, 5.41) is 10.3. The van der Waals surface area contributed by atoms with Crippen molar-refractivity contribution in [1.82, 2.24) is 4.98 Å². The summed E-state index contributed by atoms with van der Waals surface area (Å²) in [6, 6.07) is 5.62. The molecule has 1 fully saturated rings. The van der Waals surface area contributed by atoms with Gasteiger partial charge in [-0.25, -0.2) is 0 Å². The van der Waals surface area contributed by atoms with Crippen molar-refractivity contribution in [1.29, 1.82) is 5.26 Å². The summed E-state index contributed by atoms with van der Waals surface area (Å²) in [5.74, 6) is -2.04. The van der Waals surface area contributed by atoms with Crippen LogP contribution >= 0.6 is 11.3 Å². The Balaban J connectivity index is 0.000000313. The highest BCUT2D eigenvalue weighted by Gasteiger charge is 2.41. The second-order valence-corrected chi connectivity index (χ2v) is 7.06. The molecule has 1 aliphatic rings. The molecule has 1 aliphatic heterocycles. The summed E-state index contributed by atoms with van der Waals surface area (Å²) >= 11 is 5.96. The maximum Gasteiger partial charge on any atom is 0.454 e. The summed E-state index contributed by atoms with van der Waals surface area (Å²) in [6.07, 6.45) is -5.04. The molecule has 0 saturated carbocycles. The third kappa shape index (κ3) is 5.71. The summed E-state index contributed by atoms with van der Waals surface area (Å²) in [6.45, 7) is 4.26. The number of ketones is 1. The topological polar surface area (TPSA) is 67.4 Å². The van der Waals surface area contributed by atoms with Gasteiger partial charge in [0.2, 0.25) is 0 Å². The van der Waals surface area contributed by atoms with Gasteiger partial charge in [0.25, 0.3) is 5.78 Å². The standard InChI is InChI=1S/C12H5F3N2OS2.C5H11NO/c13-12(14,15)10(18)7-4-6(5-16)11(19)17-9(7)8-2-1-3-20-8;1-6-2-4-7-5-3-6/h1-4H,(H,17,19);2-5H2,1H3. The van der Waals surface area contributed by atoms with E-state index in [0.717, 1.165) is 30.6 Å². The molecule has 2 aromatic heterocycles. The summed E-state index contributed by atoms with van der Waals surface area (Å²) in [7, 11) is 2.20. The lowest BCUT2D eigenvalue weighted by atomic mass is 10.1. The summed E-state index contributed by atoms with van der Waals surface area (Å²) in [5.41, 5.74) is -1.04. The maximum absolute atomic E-state index is 12.6. The van der Waals surface area contributed by atoms with Crippen molar-refractivity contribution < 1.29 is 27.6 Å². The Kier molecular flexibility index (Phi) is 7.26. The van der Waals surface area contributed by atoms with Gasteiger partial charge < -0.3 is 22.3 Å². The Bertz CT molecular complexity index is 827. The van der Waals surface area contributed by atoms with E-state index >= 15 is 0 Å². The van der Waals surface area contributed by atoms with Gasteiger partial charge in [0.1, 0.15) is 13.1 Å². The number of quaternary nitrogens is 1. The number of thiophene rings is 1. The molecule has 5 nitrogen and oxygen atoms in total. The van der Waals surface area contributed by atoms with Crippen LogP contribution in [-0.4, -0.2) is 50.3 Å². The van der Waals surface area contributed by atoms with Gasteiger partial charge in [-0.1, -0.05) is 11.1 Å². The monoisotopic (exact) mass is 415 g/mol. The minimum Gasteiger partial charge on any atom is -0.759 e. The molecule has 0 radical (unpaired) electrons. The van der Waals surface area contributed by atoms with Gasteiger partial charge in [0.05, 0.1) is 48.0 Å². The number of carbonyl (C=O) groups is 1. The van der Waals surface area contributed by atoms with Crippen LogP contribution in [0.4, 0.5) is 13.2 Å². The normalized spacial score (nSPS) is 14.8. The number of hydrogen-bond acceptors (Lipinski definition) is 6. The molecule has 0 aromatic carbocycles. The van der Waals surface area contributed by atoms with Gasteiger partial charge in [-0.3, -0.25) is 9.78 Å². The number of morpholine rings is 1. The van der Waals surface area contributed by atoms with E-state index < -0.39 is 17.5 Å². The van der Waals surface area contributed by atoms with E-state index in [0.29, 0.717) is 4.88 Å². The first-order chi connectivity index (χ1) is 12.7. The number of hydrogen-bond donors (Lipinski definition) is 1. The number of carbonyl (C=O) groups excluding carboxylic acids is 1. The summed E-state index contributed by atoms with van der Waals surface area (Å²) in [4.78, 5) is 17.2. The van der Waals surface area contributed by atoms with Crippen LogP contribution in [-0.2, 0) is 17.4 Å². The molecule has 144 valence electrons. The quantitative estimate of drug-likeness (QED) is 0.599. The molecule has 0 atom stereocenters. The van der Waals surface area contributed by atoms with Crippen LogP contribution in [0.5, 0.6) is 0 Å². The molecular formula is C17H16F3N3O2S2. The van der Waals surface area contributed by atoms with E-state index in [1.165, 1.54) is 19.2 Å². The lowest BCUT2D eigenvalue weighted by molar-refractivity contribution is -0.888. The number of halogens is 3. The minimum absolute atomic E-state index is 0.130. The van der Waals surface area contributed by atoms with Crippen LogP contribution in [0.15, 0.2) is 28.6 Å². The molecule has 1 N–H and O–H groups in total. The van der Waals surface area contributed by atoms with Gasteiger partial charge in [0.15, 0.2) is 0 Å². The Morgan fingerprint density at radius 2 is 2.07 bits per heavy atom. The van der Waals surface area contributed by atoms with E-state index in [1.54, 1.807) is 22.4 Å². The number of nitriles is 1. The van der Waals surface area contributed by atoms with Crippen molar-refractivity contribution in [2.45, 2.75) is 11.2 Å². The van der Waals surface area contributed by atoms with Gasteiger partial charge in [-0.05, 0) is 17.5 Å². The van der Waals surface area contributed by atoms with Crippen molar-refractivity contribution in [3.05, 3.63) is 34.7 Å². The van der Waals surface area contributed by atoms with Crippen molar-refractivity contribution in [3.63, 3.8) is 0 Å². The number of likely N-dealkylation sites (N-methyl/N-ethyl adjacent to an activating group) is 1. The number of nitrogens with zero attached hydrogens (tertiary/aromatic N) is 2. The molecule has 0 spiro atoms. The lowest BCUT2D eigenvalue weighted by Crippen LogP contribution is -3.11. The van der Waals surface area contributed by atoms with E-state index in [-0.39, 0.29) is 16.3 Å². The number of nitrogens with one attached hydrogen (secondary N) is 1. The third-order valence-corrected chi connectivity index (χ3v) is 4.90. The van der Waals surface area contributed by atoms with Gasteiger partial charge in [-0.2, -0.15) is 18.4 Å². The number of pyridine rings is 1. The first-order valence-electron chi connectivity index (χ1n) is 7.90. The SMILES string of the molecule is C[NH+]1CCOCC1.N#Cc1cc(C(=O)C(F)(F)F)c(-c2cccs2)nc1[S-]. The average molecular weight is 415 g/mol. The second kappa shape index (κ2) is 9.23. The third-order valence-electron chi connectivity index (χ3n) is 3.71. The molecular weight excluding hydrogens is 399 g/mol. The highest BCUT2D eigenvalue weighted by atomic mass is 32.1. The molecule has 3 rings (SSSR count). The van der Waals surface area contributed by atoms with Crippen molar-refractivity contribution in [3.8, 4) is 16.6 Å². The van der Waals surface area contributed by atoms with Gasteiger partial charge in [0, 0.05) is 0 Å². The van der Waals surface area contributed by atoms with E-state index in [2.05, 4.69) is 12.0 Å². The fourth-order valence-corrected chi connectivity index (χ4v) is 3.15. The van der Waals surface area contributed by atoms with E-state index in [4.69, 9.17) is 22.6 Å². The van der Waals surface area contributed by atoms with Crippen LogP contribution in [0.1, 0.15) is 15.9 Å². The molecule has 3 heterocycles. The molecule has 27 heavy (non-hydrogen) atoms. The predicted octanol–water partition coefficient (Wildman–Crippen LogP) is 1.86. The van der Waals surface area contributed by atoms with Crippen LogP contribution in [0.25, 0.3) is 10.6 Å². The minimum atomic E-state index is -5.04. The smallest absolute Gasteiger partial charge is 0.454 e. The van der Waals surface area contributed by atoms with Crippen molar-refractivity contribution >= 4 is 29.7 Å². The maximum atomic E-state index is 12.6. The van der Waals surface area contributed by atoms with Crippen LogP contribution in [0.3, 0.4) is 0 Å². The van der Waals surface area contributed by atoms with Crippen LogP contribution in [0, 0.1) is 11.3 Å². The second-order valence-electron chi connectivity index (χ2n) is 5.72. The number of aromatic nitrogens is 1.